The minimum atomic E-state index is -0.636. The molecule has 0 atom stereocenters. The lowest BCUT2D eigenvalue weighted by Crippen LogP contribution is -2.18. The third kappa shape index (κ3) is 1.81. The van der Waals surface area contributed by atoms with Crippen molar-refractivity contribution < 1.29 is 4.84 Å². The van der Waals surface area contributed by atoms with E-state index in [-0.39, 0.29) is 0 Å². The van der Waals surface area contributed by atoms with Crippen LogP contribution in [0.15, 0.2) is 35.7 Å². The van der Waals surface area contributed by atoms with E-state index in [1.807, 2.05) is 30.3 Å². The van der Waals surface area contributed by atoms with E-state index in [1.165, 1.54) is 0 Å². The highest BCUT2D eigenvalue weighted by molar-refractivity contribution is 5.20. The summed E-state index contributed by atoms with van der Waals surface area (Å²) in [5.74, 6) is 0. The molecule has 0 aromatic heterocycles. The van der Waals surface area contributed by atoms with E-state index in [0.717, 1.165) is 5.56 Å². The fourth-order valence-electron chi connectivity index (χ4n) is 0.985. The first-order chi connectivity index (χ1) is 5.67. The Bertz CT molecular complexity index is 256. The monoisotopic (exact) mass is 165 g/mol. The molecule has 0 radical (unpaired) electrons. The summed E-state index contributed by atoms with van der Waals surface area (Å²) >= 11 is 0. The van der Waals surface area contributed by atoms with Crippen LogP contribution in [0.4, 0.5) is 0 Å². The molecule has 3 heteroatoms. The first-order valence-electron chi connectivity index (χ1n) is 3.73. The van der Waals surface area contributed by atoms with Crippen molar-refractivity contribution in [2.75, 3.05) is 0 Å². The first-order valence-corrected chi connectivity index (χ1v) is 3.73. The molecule has 0 amide bonds. The van der Waals surface area contributed by atoms with Gasteiger partial charge in [0.15, 0.2) is 10.9 Å². The zero-order chi connectivity index (χ0) is 9.03. The Morgan fingerprint density at radius 1 is 1.25 bits per heavy atom. The highest BCUT2D eigenvalue weighted by Crippen LogP contribution is 2.23. The molecule has 0 aliphatic carbocycles. The van der Waals surface area contributed by atoms with E-state index < -0.39 is 5.60 Å². The molecule has 12 heavy (non-hydrogen) atoms. The van der Waals surface area contributed by atoms with Crippen molar-refractivity contribution in [3.63, 3.8) is 0 Å². The molecule has 0 saturated carbocycles. The highest BCUT2D eigenvalue weighted by Gasteiger charge is 2.22. The molecule has 0 saturated heterocycles. The molecule has 0 aliphatic rings. The van der Waals surface area contributed by atoms with Gasteiger partial charge in [0.25, 0.3) is 0 Å². The maximum atomic E-state index is 9.92. The summed E-state index contributed by atoms with van der Waals surface area (Å²) in [5, 5.41) is 2.43. The number of hydrogen-bond acceptors (Lipinski definition) is 3. The summed E-state index contributed by atoms with van der Waals surface area (Å²) in [6.45, 7) is 3.59. The zero-order valence-corrected chi connectivity index (χ0v) is 7.15. The van der Waals surface area contributed by atoms with Gasteiger partial charge in [0.05, 0.1) is 0 Å². The van der Waals surface area contributed by atoms with Gasteiger partial charge in [-0.1, -0.05) is 30.3 Å². The average Bonchev–Trinajstić information content (AvgIpc) is 2.06. The SMILES string of the molecule is CC(C)(ON=O)c1ccccc1. The molecule has 0 bridgehead atoms. The fraction of sp³-hybridized carbons (Fsp3) is 0.333. The van der Waals surface area contributed by atoms with Crippen LogP contribution in [0.5, 0.6) is 0 Å². The Hall–Kier alpha value is -1.38. The lowest BCUT2D eigenvalue weighted by molar-refractivity contribution is -0.0216. The van der Waals surface area contributed by atoms with Crippen LogP contribution in [0.25, 0.3) is 0 Å². The van der Waals surface area contributed by atoms with E-state index in [2.05, 4.69) is 10.2 Å². The van der Waals surface area contributed by atoms with E-state index in [0.29, 0.717) is 0 Å². The van der Waals surface area contributed by atoms with Crippen molar-refractivity contribution in [2.45, 2.75) is 19.4 Å². The summed E-state index contributed by atoms with van der Waals surface area (Å²) in [6, 6.07) is 9.49. The standard InChI is InChI=1S/C9H11NO2/c1-9(2,12-10-11)8-6-4-3-5-7-8/h3-7H,1-2H3. The third-order valence-corrected chi connectivity index (χ3v) is 1.73. The van der Waals surface area contributed by atoms with Crippen molar-refractivity contribution in [1.82, 2.24) is 0 Å². The lowest BCUT2D eigenvalue weighted by Gasteiger charge is -2.20. The molecular formula is C9H11NO2. The minimum absolute atomic E-state index is 0.636. The second-order valence-corrected chi connectivity index (χ2v) is 3.04. The van der Waals surface area contributed by atoms with Gasteiger partial charge >= 0.3 is 0 Å². The van der Waals surface area contributed by atoms with Crippen LogP contribution in [0.2, 0.25) is 0 Å². The van der Waals surface area contributed by atoms with Crippen LogP contribution < -0.4 is 0 Å². The minimum Gasteiger partial charge on any atom is -0.353 e. The molecule has 0 aliphatic heterocycles. The first kappa shape index (κ1) is 8.71. The molecule has 0 heterocycles. The summed E-state index contributed by atoms with van der Waals surface area (Å²) in [5.41, 5.74) is 0.299. The van der Waals surface area contributed by atoms with Gasteiger partial charge in [0, 0.05) is 0 Å². The van der Waals surface area contributed by atoms with Crippen LogP contribution in [0.1, 0.15) is 19.4 Å². The summed E-state index contributed by atoms with van der Waals surface area (Å²) < 4.78 is 0. The van der Waals surface area contributed by atoms with Crippen LogP contribution in [0, 0.1) is 4.91 Å². The highest BCUT2D eigenvalue weighted by atomic mass is 16.7. The second-order valence-electron chi connectivity index (χ2n) is 3.04. The van der Waals surface area contributed by atoms with Gasteiger partial charge < -0.3 is 4.84 Å². The predicted molar refractivity (Wildman–Crippen MR) is 46.3 cm³/mol. The molecule has 0 unspecified atom stereocenters. The Kier molecular flexibility index (Phi) is 2.43. The Balaban J connectivity index is 2.89. The quantitative estimate of drug-likeness (QED) is 0.510. The number of hydrogen-bond donors (Lipinski definition) is 0. The number of nitrogens with zero attached hydrogens (tertiary/aromatic N) is 1. The van der Waals surface area contributed by atoms with Gasteiger partial charge in [-0.2, -0.15) is 0 Å². The maximum Gasteiger partial charge on any atom is 0.160 e. The van der Waals surface area contributed by atoms with Gasteiger partial charge in [-0.05, 0) is 19.4 Å². The fourth-order valence-corrected chi connectivity index (χ4v) is 0.985. The van der Waals surface area contributed by atoms with E-state index in [4.69, 9.17) is 0 Å². The zero-order valence-electron chi connectivity index (χ0n) is 7.15. The Labute approximate surface area is 71.3 Å². The van der Waals surface area contributed by atoms with Gasteiger partial charge in [-0.25, -0.2) is 0 Å². The number of rotatable bonds is 3. The molecule has 1 aromatic carbocycles. The third-order valence-electron chi connectivity index (χ3n) is 1.73. The van der Waals surface area contributed by atoms with Gasteiger partial charge in [0.1, 0.15) is 0 Å². The Morgan fingerprint density at radius 2 is 1.83 bits per heavy atom. The molecular weight excluding hydrogens is 154 g/mol. The van der Waals surface area contributed by atoms with Crippen LogP contribution in [0.3, 0.4) is 0 Å². The van der Waals surface area contributed by atoms with Crippen molar-refractivity contribution in [3.8, 4) is 0 Å². The van der Waals surface area contributed by atoms with Crippen molar-refractivity contribution >= 4 is 0 Å². The smallest absolute Gasteiger partial charge is 0.160 e. The lowest BCUT2D eigenvalue weighted by atomic mass is 9.99. The summed E-state index contributed by atoms with van der Waals surface area (Å²) in [4.78, 5) is 14.6. The van der Waals surface area contributed by atoms with Crippen LogP contribution in [-0.4, -0.2) is 0 Å². The van der Waals surface area contributed by atoms with Crippen LogP contribution in [-0.2, 0) is 10.4 Å². The second kappa shape index (κ2) is 3.34. The van der Waals surface area contributed by atoms with Gasteiger partial charge in [-0.15, -0.1) is 4.91 Å². The summed E-state index contributed by atoms with van der Waals surface area (Å²) in [7, 11) is 0. The van der Waals surface area contributed by atoms with E-state index in [9.17, 15) is 4.91 Å². The normalized spacial score (nSPS) is 10.8. The largest absolute Gasteiger partial charge is 0.353 e. The van der Waals surface area contributed by atoms with Crippen LogP contribution >= 0.6 is 0 Å². The predicted octanol–water partition coefficient (Wildman–Crippen LogP) is 2.62. The van der Waals surface area contributed by atoms with E-state index >= 15 is 0 Å². The Morgan fingerprint density at radius 3 is 2.33 bits per heavy atom. The number of benzene rings is 1. The molecule has 3 nitrogen and oxygen atoms in total. The maximum absolute atomic E-state index is 9.92. The molecule has 1 aromatic rings. The molecule has 0 fully saturated rings. The van der Waals surface area contributed by atoms with Crippen molar-refractivity contribution in [3.05, 3.63) is 40.8 Å². The molecule has 64 valence electrons. The van der Waals surface area contributed by atoms with Crippen molar-refractivity contribution in [2.24, 2.45) is 5.34 Å². The molecule has 0 spiro atoms. The van der Waals surface area contributed by atoms with Crippen molar-refractivity contribution in [1.29, 1.82) is 0 Å². The molecule has 1 rings (SSSR count). The van der Waals surface area contributed by atoms with E-state index in [1.54, 1.807) is 13.8 Å². The van der Waals surface area contributed by atoms with Gasteiger partial charge in [0.2, 0.25) is 0 Å². The topological polar surface area (TPSA) is 38.7 Å². The summed E-state index contributed by atoms with van der Waals surface area (Å²) in [6.07, 6.45) is 0. The van der Waals surface area contributed by atoms with Gasteiger partial charge in [-0.3, -0.25) is 0 Å². The molecule has 0 N–H and O–H groups in total. The average molecular weight is 165 g/mol.